The number of sulfonamides is 1. The summed E-state index contributed by atoms with van der Waals surface area (Å²) in [6, 6.07) is -0.385. The zero-order chi connectivity index (χ0) is 15.3. The number of hydrogen-bond acceptors (Lipinski definition) is 6. The Balaban J connectivity index is 2.93. The first-order chi connectivity index (χ1) is 9.34. The molecule has 1 aromatic heterocycles. The fourth-order valence-electron chi connectivity index (χ4n) is 1.33. The molecule has 0 spiro atoms. The average molecular weight is 321 g/mol. The number of urea groups is 1. The van der Waals surface area contributed by atoms with Gasteiger partial charge in [-0.2, -0.15) is 4.31 Å². The number of rotatable bonds is 6. The van der Waals surface area contributed by atoms with Crippen LogP contribution in [0.3, 0.4) is 0 Å². The van der Waals surface area contributed by atoms with Gasteiger partial charge in [-0.15, -0.1) is 10.2 Å². The third-order valence-electron chi connectivity index (χ3n) is 2.66. The topological polar surface area (TPSA) is 95.5 Å². The van der Waals surface area contributed by atoms with Crippen molar-refractivity contribution in [2.45, 2.75) is 24.1 Å². The van der Waals surface area contributed by atoms with Crippen LogP contribution < -0.4 is 10.2 Å². The molecule has 1 heterocycles. The number of nitrogens with one attached hydrogen (secondary N) is 1. The molecule has 1 aromatic rings. The number of anilines is 1. The van der Waals surface area contributed by atoms with E-state index in [0.717, 1.165) is 24.2 Å². The van der Waals surface area contributed by atoms with E-state index in [9.17, 15) is 13.2 Å². The van der Waals surface area contributed by atoms with Gasteiger partial charge in [0.15, 0.2) is 0 Å². The van der Waals surface area contributed by atoms with E-state index in [4.69, 9.17) is 0 Å². The summed E-state index contributed by atoms with van der Waals surface area (Å²) in [4.78, 5) is 12.7. The second kappa shape index (κ2) is 6.95. The van der Waals surface area contributed by atoms with Crippen LogP contribution in [-0.2, 0) is 10.0 Å². The first-order valence-electron chi connectivity index (χ1n) is 6.09. The summed E-state index contributed by atoms with van der Waals surface area (Å²) in [5.41, 5.74) is 0. The van der Waals surface area contributed by atoms with Gasteiger partial charge in [0.1, 0.15) is 0 Å². The molecule has 0 aliphatic rings. The first kappa shape index (κ1) is 16.8. The molecule has 114 valence electrons. The molecule has 1 rings (SSSR count). The largest absolute Gasteiger partial charge is 0.341 e. The molecule has 0 aliphatic heterocycles. The van der Waals surface area contributed by atoms with Crippen LogP contribution in [0.4, 0.5) is 9.93 Å². The van der Waals surface area contributed by atoms with E-state index in [2.05, 4.69) is 15.5 Å². The maximum atomic E-state index is 12.2. The van der Waals surface area contributed by atoms with E-state index in [0.29, 0.717) is 6.54 Å². The second-order valence-electron chi connectivity index (χ2n) is 4.14. The molecule has 0 saturated heterocycles. The molecule has 0 aliphatic carbocycles. The fraction of sp³-hybridized carbons (Fsp3) is 0.700. The molecule has 8 nitrogen and oxygen atoms in total. The van der Waals surface area contributed by atoms with Gasteiger partial charge in [-0.25, -0.2) is 13.2 Å². The number of amides is 2. The maximum Gasteiger partial charge on any atom is 0.323 e. The van der Waals surface area contributed by atoms with Gasteiger partial charge in [-0.05, 0) is 6.42 Å². The Kier molecular flexibility index (Phi) is 5.84. The Hall–Kier alpha value is -1.26. The lowest BCUT2D eigenvalue weighted by molar-refractivity contribution is 0.249. The highest BCUT2D eigenvalue weighted by Gasteiger charge is 2.26. The third-order valence-corrected chi connectivity index (χ3v) is 5.86. The summed E-state index contributed by atoms with van der Waals surface area (Å²) < 4.78 is 25.6. The van der Waals surface area contributed by atoms with Crippen LogP contribution in [0.15, 0.2) is 4.34 Å². The van der Waals surface area contributed by atoms with Crippen LogP contribution in [0, 0.1) is 0 Å². The zero-order valence-electron chi connectivity index (χ0n) is 12.0. The molecule has 0 unspecified atom stereocenters. The third kappa shape index (κ3) is 3.64. The number of nitrogens with zero attached hydrogens (tertiary/aromatic N) is 4. The van der Waals surface area contributed by atoms with Crippen LogP contribution in [0.25, 0.3) is 0 Å². The summed E-state index contributed by atoms with van der Waals surface area (Å²) in [6.07, 6.45) is 1.68. The number of hydrogen-bond donors (Lipinski definition) is 1. The standard InChI is InChI=1S/C10H19N5O3S2/c1-5-6-7-14(3)20(17,18)10-13-12-9(19-10)15(4)8(16)11-2/h5-7H2,1-4H3,(H,11,16). The molecule has 2 amide bonds. The maximum absolute atomic E-state index is 12.2. The highest BCUT2D eigenvalue weighted by Crippen LogP contribution is 2.25. The minimum Gasteiger partial charge on any atom is -0.341 e. The Morgan fingerprint density at radius 3 is 2.55 bits per heavy atom. The van der Waals surface area contributed by atoms with E-state index in [1.807, 2.05) is 6.92 Å². The van der Waals surface area contributed by atoms with Gasteiger partial charge in [0, 0.05) is 27.7 Å². The van der Waals surface area contributed by atoms with Gasteiger partial charge in [-0.3, -0.25) is 4.90 Å². The molecule has 0 fully saturated rings. The van der Waals surface area contributed by atoms with Crippen LogP contribution in [-0.4, -0.2) is 56.6 Å². The molecule has 1 N–H and O–H groups in total. The smallest absolute Gasteiger partial charge is 0.323 e. The van der Waals surface area contributed by atoms with Crippen LogP contribution in [0.2, 0.25) is 0 Å². The monoisotopic (exact) mass is 321 g/mol. The first-order valence-corrected chi connectivity index (χ1v) is 8.35. The van der Waals surface area contributed by atoms with Crippen molar-refractivity contribution in [2.75, 3.05) is 32.6 Å². The summed E-state index contributed by atoms with van der Waals surface area (Å²) in [5, 5.41) is 10.1. The molecular formula is C10H19N5O3S2. The van der Waals surface area contributed by atoms with Crippen molar-refractivity contribution in [2.24, 2.45) is 0 Å². The second-order valence-corrected chi connectivity index (χ2v) is 7.32. The van der Waals surface area contributed by atoms with Crippen molar-refractivity contribution in [1.29, 1.82) is 0 Å². The Morgan fingerprint density at radius 1 is 1.35 bits per heavy atom. The van der Waals surface area contributed by atoms with Crippen LogP contribution >= 0.6 is 11.3 Å². The molecule has 0 bridgehead atoms. The average Bonchev–Trinajstić information content (AvgIpc) is 2.93. The molecular weight excluding hydrogens is 302 g/mol. The van der Waals surface area contributed by atoms with Gasteiger partial charge in [-0.1, -0.05) is 24.7 Å². The lowest BCUT2D eigenvalue weighted by atomic mass is 10.3. The Bertz CT molecular complexity index is 557. The predicted octanol–water partition coefficient (Wildman–Crippen LogP) is 0.734. The van der Waals surface area contributed by atoms with Gasteiger partial charge in [0.05, 0.1) is 0 Å². The number of carbonyl (C=O) groups excluding carboxylic acids is 1. The normalized spacial score (nSPS) is 11.7. The summed E-state index contributed by atoms with van der Waals surface area (Å²) in [7, 11) is 0.851. The van der Waals surface area contributed by atoms with E-state index < -0.39 is 10.0 Å². The van der Waals surface area contributed by atoms with Gasteiger partial charge in [0.25, 0.3) is 10.0 Å². The number of aromatic nitrogens is 2. The summed E-state index contributed by atoms with van der Waals surface area (Å²) in [6.45, 7) is 2.42. The molecule has 0 atom stereocenters. The molecule has 0 saturated carbocycles. The fourth-order valence-corrected chi connectivity index (χ4v) is 3.68. The summed E-state index contributed by atoms with van der Waals surface area (Å²) >= 11 is 0.867. The SMILES string of the molecule is CCCCN(C)S(=O)(=O)c1nnc(N(C)C(=O)NC)s1. The molecule has 0 aromatic carbocycles. The van der Waals surface area contributed by atoms with Crippen LogP contribution in [0.5, 0.6) is 0 Å². The van der Waals surface area contributed by atoms with Crippen molar-refractivity contribution >= 4 is 32.5 Å². The summed E-state index contributed by atoms with van der Waals surface area (Å²) in [5.74, 6) is 0. The lowest BCUT2D eigenvalue weighted by Gasteiger charge is -2.14. The van der Waals surface area contributed by atoms with Gasteiger partial charge < -0.3 is 5.32 Å². The quantitative estimate of drug-likeness (QED) is 0.780. The van der Waals surface area contributed by atoms with Crippen molar-refractivity contribution in [3.05, 3.63) is 0 Å². The predicted molar refractivity (Wildman–Crippen MR) is 77.5 cm³/mol. The number of unbranched alkanes of at least 4 members (excludes halogenated alkanes) is 1. The van der Waals surface area contributed by atoms with E-state index in [1.54, 1.807) is 0 Å². The molecule has 10 heteroatoms. The number of carbonyl (C=O) groups is 1. The van der Waals surface area contributed by atoms with E-state index >= 15 is 0 Å². The lowest BCUT2D eigenvalue weighted by Crippen LogP contribution is -2.34. The Labute approximate surface area is 122 Å². The van der Waals surface area contributed by atoms with Gasteiger partial charge in [0.2, 0.25) is 9.47 Å². The van der Waals surface area contributed by atoms with Crippen molar-refractivity contribution in [3.63, 3.8) is 0 Å². The minimum atomic E-state index is -3.64. The highest BCUT2D eigenvalue weighted by molar-refractivity contribution is 7.91. The van der Waals surface area contributed by atoms with E-state index in [1.165, 1.54) is 30.3 Å². The van der Waals surface area contributed by atoms with Crippen molar-refractivity contribution in [3.8, 4) is 0 Å². The van der Waals surface area contributed by atoms with E-state index in [-0.39, 0.29) is 15.5 Å². The zero-order valence-corrected chi connectivity index (χ0v) is 13.6. The molecule has 20 heavy (non-hydrogen) atoms. The Morgan fingerprint density at radius 2 is 2.00 bits per heavy atom. The molecule has 0 radical (unpaired) electrons. The van der Waals surface area contributed by atoms with Crippen molar-refractivity contribution < 1.29 is 13.2 Å². The highest BCUT2D eigenvalue weighted by atomic mass is 32.2. The van der Waals surface area contributed by atoms with Crippen LogP contribution in [0.1, 0.15) is 19.8 Å². The minimum absolute atomic E-state index is 0.109. The van der Waals surface area contributed by atoms with Gasteiger partial charge >= 0.3 is 6.03 Å². The van der Waals surface area contributed by atoms with Crippen molar-refractivity contribution in [1.82, 2.24) is 19.8 Å².